The first-order valence-electron chi connectivity index (χ1n) is 6.36. The van der Waals surface area contributed by atoms with Crippen molar-refractivity contribution in [2.45, 2.75) is 32.2 Å². The summed E-state index contributed by atoms with van der Waals surface area (Å²) in [7, 11) is 0. The molecule has 92 valence electrons. The summed E-state index contributed by atoms with van der Waals surface area (Å²) in [6.45, 7) is 3.52. The van der Waals surface area contributed by atoms with E-state index in [0.717, 1.165) is 31.4 Å². The molecule has 1 aromatic rings. The topological polar surface area (TPSA) is 46.3 Å². The summed E-state index contributed by atoms with van der Waals surface area (Å²) in [6.07, 6.45) is 3.11. The Kier molecular flexibility index (Phi) is 3.79. The summed E-state index contributed by atoms with van der Waals surface area (Å²) in [6, 6.07) is 8.13. The van der Waals surface area contributed by atoms with E-state index in [1.165, 1.54) is 5.56 Å². The predicted molar refractivity (Wildman–Crippen MR) is 68.9 cm³/mol. The number of nitrogens with zero attached hydrogens (tertiary/aromatic N) is 1. The van der Waals surface area contributed by atoms with Gasteiger partial charge in [-0.15, -0.1) is 0 Å². The molecule has 3 nitrogen and oxygen atoms in total. The molecule has 1 atom stereocenters. The largest absolute Gasteiger partial charge is 0.334 e. The van der Waals surface area contributed by atoms with E-state index >= 15 is 0 Å². The lowest BCUT2D eigenvalue weighted by Crippen LogP contribution is -2.39. The monoisotopic (exact) mass is 232 g/mol. The van der Waals surface area contributed by atoms with Crippen LogP contribution in [0.3, 0.4) is 0 Å². The maximum atomic E-state index is 12.3. The second kappa shape index (κ2) is 5.32. The Morgan fingerprint density at radius 3 is 2.71 bits per heavy atom. The summed E-state index contributed by atoms with van der Waals surface area (Å²) >= 11 is 0. The number of hydrogen-bond donors (Lipinski definition) is 1. The summed E-state index contributed by atoms with van der Waals surface area (Å²) in [5, 5.41) is 0. The standard InChI is InChI=1S/C14H20N2O/c1-2-11-5-7-12(8-6-11)14(17)16-9-3-4-13(16)10-15/h5-8,13H,2-4,9-10,15H2,1H3/t13-/m0/s1. The van der Waals surface area contributed by atoms with Gasteiger partial charge in [-0.1, -0.05) is 19.1 Å². The average molecular weight is 232 g/mol. The lowest BCUT2D eigenvalue weighted by molar-refractivity contribution is 0.0741. The van der Waals surface area contributed by atoms with E-state index < -0.39 is 0 Å². The lowest BCUT2D eigenvalue weighted by Gasteiger charge is -2.23. The third kappa shape index (κ3) is 2.50. The molecule has 3 heteroatoms. The molecule has 1 aliphatic rings. The third-order valence-electron chi connectivity index (χ3n) is 3.52. The van der Waals surface area contributed by atoms with E-state index in [-0.39, 0.29) is 11.9 Å². The molecule has 0 aromatic heterocycles. The van der Waals surface area contributed by atoms with Gasteiger partial charge in [0.15, 0.2) is 0 Å². The van der Waals surface area contributed by atoms with Gasteiger partial charge in [-0.25, -0.2) is 0 Å². The van der Waals surface area contributed by atoms with E-state index in [2.05, 4.69) is 6.92 Å². The Morgan fingerprint density at radius 2 is 2.12 bits per heavy atom. The molecule has 2 N–H and O–H groups in total. The van der Waals surface area contributed by atoms with Gasteiger partial charge in [0.25, 0.3) is 5.91 Å². The first-order chi connectivity index (χ1) is 8.26. The Hall–Kier alpha value is -1.35. The highest BCUT2D eigenvalue weighted by Gasteiger charge is 2.27. The van der Waals surface area contributed by atoms with Gasteiger partial charge in [-0.05, 0) is 37.0 Å². The molecule has 1 amide bonds. The number of aryl methyl sites for hydroxylation is 1. The number of benzene rings is 1. The van der Waals surface area contributed by atoms with Crippen LogP contribution in [0.1, 0.15) is 35.7 Å². The quantitative estimate of drug-likeness (QED) is 0.864. The zero-order valence-electron chi connectivity index (χ0n) is 10.4. The fourth-order valence-corrected chi connectivity index (χ4v) is 2.40. The molecule has 2 rings (SSSR count). The van der Waals surface area contributed by atoms with E-state index in [0.29, 0.717) is 6.54 Å². The Balaban J connectivity index is 2.13. The highest BCUT2D eigenvalue weighted by molar-refractivity contribution is 5.94. The average Bonchev–Trinajstić information content (AvgIpc) is 2.86. The summed E-state index contributed by atoms with van der Waals surface area (Å²) in [5.41, 5.74) is 7.73. The number of carbonyl (C=O) groups is 1. The minimum atomic E-state index is 0.126. The van der Waals surface area contributed by atoms with E-state index in [1.54, 1.807) is 0 Å². The van der Waals surface area contributed by atoms with E-state index in [4.69, 9.17) is 5.73 Å². The van der Waals surface area contributed by atoms with Crippen LogP contribution in [-0.4, -0.2) is 29.9 Å². The molecule has 0 radical (unpaired) electrons. The van der Waals surface area contributed by atoms with Gasteiger partial charge in [0.05, 0.1) is 0 Å². The minimum absolute atomic E-state index is 0.126. The maximum absolute atomic E-state index is 12.3. The van der Waals surface area contributed by atoms with Crippen molar-refractivity contribution in [2.24, 2.45) is 5.73 Å². The number of rotatable bonds is 3. The van der Waals surface area contributed by atoms with Crippen molar-refractivity contribution in [3.05, 3.63) is 35.4 Å². The van der Waals surface area contributed by atoms with E-state index in [9.17, 15) is 4.79 Å². The molecule has 0 bridgehead atoms. The molecule has 1 aliphatic heterocycles. The van der Waals surface area contributed by atoms with Crippen LogP contribution in [0.25, 0.3) is 0 Å². The number of amides is 1. The second-order valence-electron chi connectivity index (χ2n) is 4.58. The molecule has 0 spiro atoms. The summed E-state index contributed by atoms with van der Waals surface area (Å²) in [5.74, 6) is 0.126. The molecule has 0 saturated carbocycles. The van der Waals surface area contributed by atoms with Gasteiger partial charge >= 0.3 is 0 Å². The molecule has 17 heavy (non-hydrogen) atoms. The number of nitrogens with two attached hydrogens (primary N) is 1. The molecule has 1 saturated heterocycles. The zero-order chi connectivity index (χ0) is 12.3. The van der Waals surface area contributed by atoms with Crippen molar-refractivity contribution < 1.29 is 4.79 Å². The van der Waals surface area contributed by atoms with Gasteiger partial charge in [-0.2, -0.15) is 0 Å². The third-order valence-corrected chi connectivity index (χ3v) is 3.52. The van der Waals surface area contributed by atoms with Crippen molar-refractivity contribution in [3.63, 3.8) is 0 Å². The molecular formula is C14H20N2O. The smallest absolute Gasteiger partial charge is 0.254 e. The molecule has 0 unspecified atom stereocenters. The van der Waals surface area contributed by atoms with Crippen molar-refractivity contribution in [1.29, 1.82) is 0 Å². The summed E-state index contributed by atoms with van der Waals surface area (Å²) < 4.78 is 0. The number of hydrogen-bond acceptors (Lipinski definition) is 2. The van der Waals surface area contributed by atoms with Gasteiger partial charge < -0.3 is 10.6 Å². The van der Waals surface area contributed by atoms with Crippen molar-refractivity contribution >= 4 is 5.91 Å². The number of carbonyl (C=O) groups excluding carboxylic acids is 1. The molecule has 0 aliphatic carbocycles. The molecule has 1 aromatic carbocycles. The second-order valence-corrected chi connectivity index (χ2v) is 4.58. The first-order valence-corrected chi connectivity index (χ1v) is 6.36. The van der Waals surface area contributed by atoms with Crippen LogP contribution in [0.2, 0.25) is 0 Å². The van der Waals surface area contributed by atoms with Crippen molar-refractivity contribution in [3.8, 4) is 0 Å². The van der Waals surface area contributed by atoms with Gasteiger partial charge in [0.2, 0.25) is 0 Å². The fraction of sp³-hybridized carbons (Fsp3) is 0.500. The van der Waals surface area contributed by atoms with E-state index in [1.807, 2.05) is 29.2 Å². The zero-order valence-corrected chi connectivity index (χ0v) is 10.4. The fourth-order valence-electron chi connectivity index (χ4n) is 2.40. The van der Waals surface area contributed by atoms with Gasteiger partial charge in [0, 0.05) is 24.7 Å². The maximum Gasteiger partial charge on any atom is 0.254 e. The molecule has 1 fully saturated rings. The Bertz CT molecular complexity index is 386. The molecule has 1 heterocycles. The highest BCUT2D eigenvalue weighted by atomic mass is 16.2. The van der Waals surface area contributed by atoms with Crippen LogP contribution in [0.4, 0.5) is 0 Å². The Morgan fingerprint density at radius 1 is 1.41 bits per heavy atom. The predicted octanol–water partition coefficient (Wildman–Crippen LogP) is 1.81. The van der Waals surface area contributed by atoms with Crippen molar-refractivity contribution in [1.82, 2.24) is 4.90 Å². The Labute approximate surface area is 103 Å². The SMILES string of the molecule is CCc1ccc(C(=O)N2CCC[C@H]2CN)cc1. The van der Waals surface area contributed by atoms with Crippen LogP contribution < -0.4 is 5.73 Å². The minimum Gasteiger partial charge on any atom is -0.334 e. The van der Waals surface area contributed by atoms with Crippen molar-refractivity contribution in [2.75, 3.05) is 13.1 Å². The summed E-state index contributed by atoms with van der Waals surface area (Å²) in [4.78, 5) is 14.2. The van der Waals surface area contributed by atoms with Gasteiger partial charge in [-0.3, -0.25) is 4.79 Å². The molecular weight excluding hydrogens is 212 g/mol. The highest BCUT2D eigenvalue weighted by Crippen LogP contribution is 2.19. The number of likely N-dealkylation sites (tertiary alicyclic amines) is 1. The van der Waals surface area contributed by atoms with Gasteiger partial charge in [0.1, 0.15) is 0 Å². The lowest BCUT2D eigenvalue weighted by atomic mass is 10.1. The van der Waals surface area contributed by atoms with Crippen LogP contribution in [0.5, 0.6) is 0 Å². The first kappa shape index (κ1) is 12.1. The van der Waals surface area contributed by atoms with Crippen LogP contribution in [-0.2, 0) is 6.42 Å². The van der Waals surface area contributed by atoms with Crippen LogP contribution in [0.15, 0.2) is 24.3 Å². The van der Waals surface area contributed by atoms with Crippen LogP contribution in [0, 0.1) is 0 Å². The van der Waals surface area contributed by atoms with Crippen LogP contribution >= 0.6 is 0 Å². The normalized spacial score (nSPS) is 19.6.